The van der Waals surface area contributed by atoms with Gasteiger partial charge in [-0.05, 0) is 43.4 Å². The second kappa shape index (κ2) is 7.06. The van der Waals surface area contributed by atoms with Gasteiger partial charge >= 0.3 is 0 Å². The fraction of sp³-hybridized carbons (Fsp3) is 0.533. The number of hydrogen-bond donors (Lipinski definition) is 1. The summed E-state index contributed by atoms with van der Waals surface area (Å²) in [5.74, 6) is 0.586. The molecule has 0 radical (unpaired) electrons. The van der Waals surface area contributed by atoms with Crippen molar-refractivity contribution in [1.82, 2.24) is 0 Å². The molecular weight excluding hydrogens is 306 g/mol. The molecule has 0 saturated heterocycles. The Morgan fingerprint density at radius 1 is 1.47 bits per heavy atom. The van der Waals surface area contributed by atoms with Gasteiger partial charge in [-0.15, -0.1) is 0 Å². The zero-order valence-corrected chi connectivity index (χ0v) is 12.8. The fourth-order valence-corrected chi connectivity index (χ4v) is 2.77. The first kappa shape index (κ1) is 14.5. The van der Waals surface area contributed by atoms with E-state index < -0.39 is 0 Å². The molecule has 1 aliphatic carbocycles. The first-order chi connectivity index (χ1) is 9.21. The van der Waals surface area contributed by atoms with Gasteiger partial charge < -0.3 is 10.1 Å². The SMILES string of the molecule is CCOC1CC(CC(=O)Nc2cccc(CBr)c2)C1. The first-order valence-electron chi connectivity index (χ1n) is 6.77. The highest BCUT2D eigenvalue weighted by Crippen LogP contribution is 2.32. The molecule has 1 aliphatic rings. The van der Waals surface area contributed by atoms with Gasteiger partial charge in [-0.25, -0.2) is 0 Å². The molecule has 0 heterocycles. The molecule has 0 atom stereocenters. The summed E-state index contributed by atoms with van der Waals surface area (Å²) in [6, 6.07) is 7.91. The molecule has 0 aliphatic heterocycles. The Labute approximate surface area is 122 Å². The van der Waals surface area contributed by atoms with Crippen molar-refractivity contribution in [3.05, 3.63) is 29.8 Å². The maximum Gasteiger partial charge on any atom is 0.224 e. The molecule has 0 unspecified atom stereocenters. The molecule has 19 heavy (non-hydrogen) atoms. The molecule has 0 aromatic heterocycles. The van der Waals surface area contributed by atoms with Gasteiger partial charge in [0.15, 0.2) is 0 Å². The molecule has 1 aromatic carbocycles. The number of carbonyl (C=O) groups excluding carboxylic acids is 1. The second-order valence-electron chi connectivity index (χ2n) is 5.00. The van der Waals surface area contributed by atoms with E-state index in [1.807, 2.05) is 31.2 Å². The Bertz CT molecular complexity index is 430. The Hall–Kier alpha value is -0.870. The molecule has 0 bridgehead atoms. The Kier molecular flexibility index (Phi) is 5.40. The number of halogens is 1. The Balaban J connectivity index is 1.75. The number of alkyl halides is 1. The van der Waals surface area contributed by atoms with E-state index in [1.54, 1.807) is 0 Å². The zero-order chi connectivity index (χ0) is 13.7. The minimum Gasteiger partial charge on any atom is -0.378 e. The van der Waals surface area contributed by atoms with Gasteiger partial charge in [-0.3, -0.25) is 4.79 Å². The first-order valence-corrected chi connectivity index (χ1v) is 7.89. The van der Waals surface area contributed by atoms with Crippen LogP contribution in [0.15, 0.2) is 24.3 Å². The van der Waals surface area contributed by atoms with Gasteiger partial charge in [0, 0.05) is 24.0 Å². The van der Waals surface area contributed by atoms with E-state index in [0.717, 1.165) is 36.0 Å². The topological polar surface area (TPSA) is 38.3 Å². The van der Waals surface area contributed by atoms with Crippen LogP contribution in [0.1, 0.15) is 31.7 Å². The highest BCUT2D eigenvalue weighted by molar-refractivity contribution is 9.08. The molecule has 1 aromatic rings. The molecule has 1 fully saturated rings. The number of benzene rings is 1. The van der Waals surface area contributed by atoms with Crippen molar-refractivity contribution in [3.63, 3.8) is 0 Å². The van der Waals surface area contributed by atoms with Crippen LogP contribution in [0.4, 0.5) is 5.69 Å². The minimum atomic E-state index is 0.103. The van der Waals surface area contributed by atoms with Crippen LogP contribution in [0.25, 0.3) is 0 Å². The normalized spacial score (nSPS) is 21.8. The van der Waals surface area contributed by atoms with Crippen LogP contribution in [0.5, 0.6) is 0 Å². The van der Waals surface area contributed by atoms with Crippen LogP contribution < -0.4 is 5.32 Å². The van der Waals surface area contributed by atoms with Gasteiger partial charge in [0.1, 0.15) is 0 Å². The predicted octanol–water partition coefficient (Wildman–Crippen LogP) is 3.73. The average Bonchev–Trinajstić information content (AvgIpc) is 2.36. The van der Waals surface area contributed by atoms with Crippen LogP contribution in [0.3, 0.4) is 0 Å². The third-order valence-corrected chi connectivity index (χ3v) is 4.08. The van der Waals surface area contributed by atoms with Crippen molar-refractivity contribution < 1.29 is 9.53 Å². The third-order valence-electron chi connectivity index (χ3n) is 3.43. The number of anilines is 1. The summed E-state index contributed by atoms with van der Waals surface area (Å²) in [4.78, 5) is 11.9. The quantitative estimate of drug-likeness (QED) is 0.809. The van der Waals surface area contributed by atoms with Crippen LogP contribution in [0, 0.1) is 5.92 Å². The maximum atomic E-state index is 11.9. The van der Waals surface area contributed by atoms with Crippen molar-refractivity contribution >= 4 is 27.5 Å². The summed E-state index contributed by atoms with van der Waals surface area (Å²) in [6.07, 6.45) is 3.01. The van der Waals surface area contributed by atoms with E-state index in [0.29, 0.717) is 18.4 Å². The van der Waals surface area contributed by atoms with Crippen molar-refractivity contribution in [2.24, 2.45) is 5.92 Å². The molecule has 3 nitrogen and oxygen atoms in total. The van der Waals surface area contributed by atoms with E-state index in [-0.39, 0.29) is 5.91 Å². The largest absolute Gasteiger partial charge is 0.378 e. The number of ether oxygens (including phenoxy) is 1. The lowest BCUT2D eigenvalue weighted by atomic mass is 9.80. The minimum absolute atomic E-state index is 0.103. The molecule has 0 spiro atoms. The van der Waals surface area contributed by atoms with Gasteiger partial charge in [-0.2, -0.15) is 0 Å². The smallest absolute Gasteiger partial charge is 0.224 e. The van der Waals surface area contributed by atoms with Gasteiger partial charge in [0.05, 0.1) is 6.10 Å². The van der Waals surface area contributed by atoms with Crippen molar-refractivity contribution in [3.8, 4) is 0 Å². The molecule has 1 amide bonds. The van der Waals surface area contributed by atoms with E-state index >= 15 is 0 Å². The summed E-state index contributed by atoms with van der Waals surface area (Å²) in [5, 5.41) is 3.76. The number of amides is 1. The average molecular weight is 326 g/mol. The fourth-order valence-electron chi connectivity index (χ4n) is 2.42. The predicted molar refractivity (Wildman–Crippen MR) is 80.5 cm³/mol. The standard InChI is InChI=1S/C15H20BrNO2/c1-2-19-14-7-12(8-14)9-15(18)17-13-5-3-4-11(6-13)10-16/h3-6,12,14H,2,7-10H2,1H3,(H,17,18). The highest BCUT2D eigenvalue weighted by Gasteiger charge is 2.30. The van der Waals surface area contributed by atoms with Crippen LogP contribution in [-0.4, -0.2) is 18.6 Å². The van der Waals surface area contributed by atoms with E-state index in [4.69, 9.17) is 4.74 Å². The summed E-state index contributed by atoms with van der Waals surface area (Å²) in [7, 11) is 0. The van der Waals surface area contributed by atoms with Crippen LogP contribution >= 0.6 is 15.9 Å². The number of nitrogens with one attached hydrogen (secondary N) is 1. The van der Waals surface area contributed by atoms with Gasteiger partial charge in [0.25, 0.3) is 0 Å². The highest BCUT2D eigenvalue weighted by atomic mass is 79.9. The molecule has 2 rings (SSSR count). The van der Waals surface area contributed by atoms with Gasteiger partial charge in [-0.1, -0.05) is 28.1 Å². The lowest BCUT2D eigenvalue weighted by Crippen LogP contribution is -2.33. The summed E-state index contributed by atoms with van der Waals surface area (Å²) in [6.45, 7) is 2.78. The Morgan fingerprint density at radius 2 is 2.26 bits per heavy atom. The van der Waals surface area contributed by atoms with E-state index in [2.05, 4.69) is 21.2 Å². The molecule has 1 N–H and O–H groups in total. The van der Waals surface area contributed by atoms with Crippen molar-refractivity contribution in [2.75, 3.05) is 11.9 Å². The van der Waals surface area contributed by atoms with Crippen molar-refractivity contribution in [2.45, 2.75) is 37.6 Å². The van der Waals surface area contributed by atoms with Crippen LogP contribution in [-0.2, 0) is 14.9 Å². The summed E-state index contributed by atoms with van der Waals surface area (Å²) < 4.78 is 5.50. The van der Waals surface area contributed by atoms with E-state index in [9.17, 15) is 4.79 Å². The maximum absolute atomic E-state index is 11.9. The zero-order valence-electron chi connectivity index (χ0n) is 11.2. The van der Waals surface area contributed by atoms with Crippen LogP contribution in [0.2, 0.25) is 0 Å². The molecule has 104 valence electrons. The molecular formula is C15H20BrNO2. The third kappa shape index (κ3) is 4.32. The number of carbonyl (C=O) groups is 1. The number of rotatable bonds is 6. The summed E-state index contributed by atoms with van der Waals surface area (Å²) in [5.41, 5.74) is 2.04. The lowest BCUT2D eigenvalue weighted by molar-refractivity contribution is -0.119. The van der Waals surface area contributed by atoms with E-state index in [1.165, 1.54) is 0 Å². The molecule has 4 heteroatoms. The van der Waals surface area contributed by atoms with Crippen molar-refractivity contribution in [1.29, 1.82) is 0 Å². The number of hydrogen-bond acceptors (Lipinski definition) is 2. The second-order valence-corrected chi connectivity index (χ2v) is 5.56. The monoisotopic (exact) mass is 325 g/mol. The Morgan fingerprint density at radius 3 is 2.95 bits per heavy atom. The lowest BCUT2D eigenvalue weighted by Gasteiger charge is -2.34. The summed E-state index contributed by atoms with van der Waals surface area (Å²) >= 11 is 3.41. The van der Waals surface area contributed by atoms with Gasteiger partial charge in [0.2, 0.25) is 5.91 Å². The molecule has 1 saturated carbocycles.